The van der Waals surface area contributed by atoms with Crippen LogP contribution >= 0.6 is 0 Å². The second-order valence-electron chi connectivity index (χ2n) is 7.14. The van der Waals surface area contributed by atoms with E-state index in [0.29, 0.717) is 42.4 Å². The van der Waals surface area contributed by atoms with E-state index in [0.717, 1.165) is 23.1 Å². The van der Waals surface area contributed by atoms with Crippen LogP contribution in [0.3, 0.4) is 0 Å². The lowest BCUT2D eigenvalue weighted by molar-refractivity contribution is -0.134. The first-order valence-corrected chi connectivity index (χ1v) is 10.0. The molecule has 0 bridgehead atoms. The lowest BCUT2D eigenvalue weighted by Gasteiger charge is -2.29. The van der Waals surface area contributed by atoms with E-state index >= 15 is 0 Å². The van der Waals surface area contributed by atoms with Gasteiger partial charge in [0.15, 0.2) is 18.1 Å². The molecule has 0 fully saturated rings. The quantitative estimate of drug-likeness (QED) is 0.757. The van der Waals surface area contributed by atoms with Crippen LogP contribution < -0.4 is 19.5 Å². The van der Waals surface area contributed by atoms with Gasteiger partial charge in [0, 0.05) is 19.6 Å². The normalized spacial score (nSPS) is 12.7. The number of fused-ring (bicyclic) bond motifs is 1. The van der Waals surface area contributed by atoms with Crippen molar-refractivity contribution in [3.8, 4) is 17.2 Å². The Balaban J connectivity index is 1.71. The van der Waals surface area contributed by atoms with Crippen LogP contribution in [0.25, 0.3) is 0 Å². The third-order valence-electron chi connectivity index (χ3n) is 5.20. The number of rotatable bonds is 7. The summed E-state index contributed by atoms with van der Waals surface area (Å²) in [7, 11) is 3.21. The predicted octanol–water partition coefficient (Wildman–Crippen LogP) is 2.73. The standard InChI is InChI=1S/C23H28N2O5/c1-5-24-23(27)18-8-6-7-15(2)22(18)30-14-21(26)25-10-9-16-11-19(28-3)20(29-4)12-17(16)13-25/h6-8,11-12H,5,9-10,13-14H2,1-4H3,(H,24,27). The fraction of sp³-hybridized carbons (Fsp3) is 0.391. The topological polar surface area (TPSA) is 77.1 Å². The number of carbonyl (C=O) groups is 2. The van der Waals surface area contributed by atoms with Gasteiger partial charge in [-0.3, -0.25) is 9.59 Å². The second-order valence-corrected chi connectivity index (χ2v) is 7.14. The molecule has 160 valence electrons. The van der Waals surface area contributed by atoms with Crippen LogP contribution in [-0.2, 0) is 17.8 Å². The van der Waals surface area contributed by atoms with E-state index in [9.17, 15) is 9.59 Å². The zero-order valence-electron chi connectivity index (χ0n) is 17.9. The largest absolute Gasteiger partial charge is 0.493 e. The fourth-order valence-corrected chi connectivity index (χ4v) is 3.60. The van der Waals surface area contributed by atoms with Crippen molar-refractivity contribution < 1.29 is 23.8 Å². The number of benzene rings is 2. The van der Waals surface area contributed by atoms with Gasteiger partial charge in [-0.25, -0.2) is 0 Å². The SMILES string of the molecule is CCNC(=O)c1cccc(C)c1OCC(=O)N1CCc2cc(OC)c(OC)cc2C1. The molecule has 7 heteroatoms. The van der Waals surface area contributed by atoms with Crippen LogP contribution in [0.1, 0.15) is 34.0 Å². The molecule has 0 saturated heterocycles. The molecule has 2 amide bonds. The summed E-state index contributed by atoms with van der Waals surface area (Å²) in [5, 5.41) is 2.78. The van der Waals surface area contributed by atoms with Gasteiger partial charge in [0.2, 0.25) is 0 Å². The van der Waals surface area contributed by atoms with Crippen molar-refractivity contribution in [2.75, 3.05) is 33.9 Å². The number of para-hydroxylation sites is 1. The maximum Gasteiger partial charge on any atom is 0.260 e. The van der Waals surface area contributed by atoms with E-state index in [1.54, 1.807) is 31.3 Å². The molecule has 0 atom stereocenters. The highest BCUT2D eigenvalue weighted by molar-refractivity contribution is 5.97. The van der Waals surface area contributed by atoms with Gasteiger partial charge in [0.05, 0.1) is 19.8 Å². The van der Waals surface area contributed by atoms with E-state index in [-0.39, 0.29) is 18.4 Å². The van der Waals surface area contributed by atoms with Gasteiger partial charge in [0.25, 0.3) is 11.8 Å². The molecule has 2 aromatic rings. The zero-order chi connectivity index (χ0) is 21.7. The number of amides is 2. The number of ether oxygens (including phenoxy) is 3. The molecular weight excluding hydrogens is 384 g/mol. The Kier molecular flexibility index (Phi) is 6.82. The molecule has 7 nitrogen and oxygen atoms in total. The molecular formula is C23H28N2O5. The highest BCUT2D eigenvalue weighted by Gasteiger charge is 2.24. The number of methoxy groups -OCH3 is 2. The lowest BCUT2D eigenvalue weighted by atomic mass is 9.99. The maximum absolute atomic E-state index is 12.8. The minimum absolute atomic E-state index is 0.125. The van der Waals surface area contributed by atoms with E-state index in [4.69, 9.17) is 14.2 Å². The summed E-state index contributed by atoms with van der Waals surface area (Å²) >= 11 is 0. The first-order chi connectivity index (χ1) is 14.5. The number of hydrogen-bond donors (Lipinski definition) is 1. The maximum atomic E-state index is 12.8. The van der Waals surface area contributed by atoms with Crippen LogP contribution in [0.5, 0.6) is 17.2 Å². The van der Waals surface area contributed by atoms with Crippen LogP contribution in [0.2, 0.25) is 0 Å². The minimum atomic E-state index is -0.211. The van der Waals surface area contributed by atoms with Crippen molar-refractivity contribution in [2.45, 2.75) is 26.8 Å². The first kappa shape index (κ1) is 21.5. The lowest BCUT2D eigenvalue weighted by Crippen LogP contribution is -2.39. The summed E-state index contributed by atoms with van der Waals surface area (Å²) in [6.45, 7) is 5.19. The smallest absolute Gasteiger partial charge is 0.260 e. The monoisotopic (exact) mass is 412 g/mol. The van der Waals surface area contributed by atoms with Crippen LogP contribution in [0.15, 0.2) is 30.3 Å². The van der Waals surface area contributed by atoms with Gasteiger partial charge in [-0.1, -0.05) is 12.1 Å². The Morgan fingerprint density at radius 1 is 1.10 bits per heavy atom. The Morgan fingerprint density at radius 3 is 2.47 bits per heavy atom. The Labute approximate surface area is 176 Å². The molecule has 0 aliphatic carbocycles. The number of hydrogen-bond acceptors (Lipinski definition) is 5. The van der Waals surface area contributed by atoms with Gasteiger partial charge in [-0.15, -0.1) is 0 Å². The first-order valence-electron chi connectivity index (χ1n) is 10.0. The summed E-state index contributed by atoms with van der Waals surface area (Å²) in [5.74, 6) is 1.45. The summed E-state index contributed by atoms with van der Waals surface area (Å²) in [6.07, 6.45) is 0.732. The van der Waals surface area contributed by atoms with Crippen molar-refractivity contribution in [2.24, 2.45) is 0 Å². The number of nitrogens with zero attached hydrogens (tertiary/aromatic N) is 1. The number of nitrogens with one attached hydrogen (secondary N) is 1. The van der Waals surface area contributed by atoms with E-state index in [1.807, 2.05) is 32.0 Å². The Morgan fingerprint density at radius 2 is 1.80 bits per heavy atom. The van der Waals surface area contributed by atoms with Crippen molar-refractivity contribution in [1.29, 1.82) is 0 Å². The van der Waals surface area contributed by atoms with Gasteiger partial charge in [-0.2, -0.15) is 0 Å². The molecule has 0 aromatic heterocycles. The summed E-state index contributed by atoms with van der Waals surface area (Å²) in [5.41, 5.74) is 3.43. The highest BCUT2D eigenvalue weighted by atomic mass is 16.5. The third kappa shape index (κ3) is 4.50. The molecule has 30 heavy (non-hydrogen) atoms. The molecule has 0 spiro atoms. The van der Waals surface area contributed by atoms with Gasteiger partial charge < -0.3 is 24.4 Å². The molecule has 0 unspecified atom stereocenters. The van der Waals surface area contributed by atoms with E-state index < -0.39 is 0 Å². The summed E-state index contributed by atoms with van der Waals surface area (Å²) in [4.78, 5) is 26.9. The molecule has 0 radical (unpaired) electrons. The van der Waals surface area contributed by atoms with Crippen molar-refractivity contribution in [3.63, 3.8) is 0 Å². The van der Waals surface area contributed by atoms with Crippen LogP contribution in [-0.4, -0.2) is 50.6 Å². The molecule has 1 heterocycles. The van der Waals surface area contributed by atoms with E-state index in [2.05, 4.69) is 5.32 Å². The van der Waals surface area contributed by atoms with Crippen molar-refractivity contribution in [3.05, 3.63) is 52.6 Å². The number of carbonyl (C=O) groups excluding carboxylic acids is 2. The molecule has 2 aromatic carbocycles. The van der Waals surface area contributed by atoms with Gasteiger partial charge in [0.1, 0.15) is 5.75 Å². The van der Waals surface area contributed by atoms with Crippen LogP contribution in [0.4, 0.5) is 0 Å². The van der Waals surface area contributed by atoms with Crippen molar-refractivity contribution >= 4 is 11.8 Å². The Hall–Kier alpha value is -3.22. The average molecular weight is 412 g/mol. The Bertz CT molecular complexity index is 941. The third-order valence-corrected chi connectivity index (χ3v) is 5.20. The number of aryl methyl sites for hydroxylation is 1. The molecule has 3 rings (SSSR count). The van der Waals surface area contributed by atoms with Crippen molar-refractivity contribution in [1.82, 2.24) is 10.2 Å². The summed E-state index contributed by atoms with van der Waals surface area (Å²) < 4.78 is 16.6. The zero-order valence-corrected chi connectivity index (χ0v) is 17.9. The second kappa shape index (κ2) is 9.52. The molecule has 1 aliphatic heterocycles. The fourth-order valence-electron chi connectivity index (χ4n) is 3.60. The average Bonchev–Trinajstić information content (AvgIpc) is 2.76. The predicted molar refractivity (Wildman–Crippen MR) is 113 cm³/mol. The van der Waals surface area contributed by atoms with Crippen LogP contribution in [0, 0.1) is 6.92 Å². The highest BCUT2D eigenvalue weighted by Crippen LogP contribution is 2.33. The minimum Gasteiger partial charge on any atom is -0.493 e. The van der Waals surface area contributed by atoms with Gasteiger partial charge in [-0.05, 0) is 55.2 Å². The molecule has 1 aliphatic rings. The molecule has 0 saturated carbocycles. The summed E-state index contributed by atoms with van der Waals surface area (Å²) in [6, 6.07) is 9.26. The molecule has 1 N–H and O–H groups in total. The van der Waals surface area contributed by atoms with E-state index in [1.165, 1.54) is 0 Å². The van der Waals surface area contributed by atoms with Gasteiger partial charge >= 0.3 is 0 Å².